The maximum Gasteiger partial charge on any atom is 0.220 e. The molecule has 0 radical (unpaired) electrons. The zero-order valence-corrected chi connectivity index (χ0v) is 8.99. The third kappa shape index (κ3) is 4.60. The molecule has 0 saturated carbocycles. The second-order valence-electron chi connectivity index (χ2n) is 3.74. The molecule has 1 unspecified atom stereocenters. The minimum Gasteiger partial charge on any atom is -0.350 e. The molecule has 1 rings (SSSR count). The van der Waals surface area contributed by atoms with Crippen molar-refractivity contribution in [3.05, 3.63) is 18.0 Å². The second-order valence-corrected chi connectivity index (χ2v) is 3.74. The van der Waals surface area contributed by atoms with Gasteiger partial charge in [0.25, 0.3) is 0 Å². The zero-order valence-electron chi connectivity index (χ0n) is 8.99. The first-order chi connectivity index (χ1) is 7.22. The van der Waals surface area contributed by atoms with Gasteiger partial charge in [0, 0.05) is 12.6 Å². The molecular weight excluding hydrogens is 192 g/mol. The molecule has 0 spiro atoms. The average Bonchev–Trinajstić information content (AvgIpc) is 2.75. The monoisotopic (exact) mass is 210 g/mol. The third-order valence-electron chi connectivity index (χ3n) is 2.30. The average molecular weight is 210 g/mol. The highest BCUT2D eigenvalue weighted by molar-refractivity contribution is 5.75. The summed E-state index contributed by atoms with van der Waals surface area (Å²) in [6.07, 6.45) is 3.04. The van der Waals surface area contributed by atoms with E-state index in [1.54, 1.807) is 6.20 Å². The number of aromatic nitrogens is 2. The van der Waals surface area contributed by atoms with Crippen molar-refractivity contribution in [1.82, 2.24) is 15.5 Å². The summed E-state index contributed by atoms with van der Waals surface area (Å²) in [6.45, 7) is 3.19. The maximum absolute atomic E-state index is 11.4. The summed E-state index contributed by atoms with van der Waals surface area (Å²) in [5.74, 6) is 0.466. The fourth-order valence-corrected chi connectivity index (χ4v) is 1.16. The lowest BCUT2D eigenvalue weighted by Crippen LogP contribution is -2.24. The first-order valence-electron chi connectivity index (χ1n) is 5.17. The van der Waals surface area contributed by atoms with Crippen molar-refractivity contribution in [1.29, 1.82) is 0 Å². The van der Waals surface area contributed by atoms with Crippen LogP contribution in [0, 0.1) is 5.92 Å². The molecule has 0 saturated heterocycles. The number of rotatable bonds is 6. The van der Waals surface area contributed by atoms with Gasteiger partial charge in [-0.1, -0.05) is 6.92 Å². The summed E-state index contributed by atoms with van der Waals surface area (Å²) >= 11 is 0. The summed E-state index contributed by atoms with van der Waals surface area (Å²) in [5, 5.41) is 9.39. The van der Waals surface area contributed by atoms with Crippen molar-refractivity contribution in [2.75, 3.05) is 6.54 Å². The Balaban J connectivity index is 2.14. The Hall–Kier alpha value is -1.36. The van der Waals surface area contributed by atoms with Crippen molar-refractivity contribution < 1.29 is 4.79 Å². The lowest BCUT2D eigenvalue weighted by atomic mass is 10.1. The van der Waals surface area contributed by atoms with Gasteiger partial charge in [0.2, 0.25) is 5.91 Å². The fraction of sp³-hybridized carbons (Fsp3) is 0.600. The smallest absolute Gasteiger partial charge is 0.220 e. The number of carbonyl (C=O) groups excluding carboxylic acids is 1. The number of nitrogens with two attached hydrogens (primary N) is 1. The SMILES string of the molecule is CC(CN)CCC(=O)NCc1ccn[nH]1. The molecule has 0 aliphatic rings. The molecule has 15 heavy (non-hydrogen) atoms. The minimum absolute atomic E-state index is 0.0601. The lowest BCUT2D eigenvalue weighted by Gasteiger charge is -2.07. The van der Waals surface area contributed by atoms with E-state index in [-0.39, 0.29) is 5.91 Å². The zero-order chi connectivity index (χ0) is 11.1. The van der Waals surface area contributed by atoms with Gasteiger partial charge >= 0.3 is 0 Å². The molecule has 1 heterocycles. The first kappa shape index (κ1) is 11.7. The van der Waals surface area contributed by atoms with E-state index >= 15 is 0 Å². The van der Waals surface area contributed by atoms with E-state index in [0.717, 1.165) is 12.1 Å². The Bertz CT molecular complexity index is 284. The standard InChI is InChI=1S/C10H18N4O/c1-8(6-11)2-3-10(15)12-7-9-4-5-13-14-9/h4-5,8H,2-3,6-7,11H2,1H3,(H,12,15)(H,13,14). The summed E-state index contributed by atoms with van der Waals surface area (Å²) in [7, 11) is 0. The molecule has 0 aliphatic carbocycles. The van der Waals surface area contributed by atoms with Gasteiger partial charge in [-0.05, 0) is 24.9 Å². The van der Waals surface area contributed by atoms with Gasteiger partial charge in [-0.3, -0.25) is 9.89 Å². The van der Waals surface area contributed by atoms with Gasteiger partial charge in [0.05, 0.1) is 12.2 Å². The molecule has 5 heteroatoms. The molecule has 0 aromatic carbocycles. The van der Waals surface area contributed by atoms with Gasteiger partial charge < -0.3 is 11.1 Å². The minimum atomic E-state index is 0.0601. The number of H-pyrrole nitrogens is 1. The van der Waals surface area contributed by atoms with E-state index in [2.05, 4.69) is 15.5 Å². The van der Waals surface area contributed by atoms with Crippen LogP contribution in [0.3, 0.4) is 0 Å². The van der Waals surface area contributed by atoms with E-state index in [9.17, 15) is 4.79 Å². The van der Waals surface area contributed by atoms with Crippen molar-refractivity contribution in [3.8, 4) is 0 Å². The van der Waals surface area contributed by atoms with E-state index in [1.165, 1.54) is 0 Å². The molecular formula is C10H18N4O. The Labute approximate surface area is 89.4 Å². The normalized spacial score (nSPS) is 12.4. The van der Waals surface area contributed by atoms with E-state index in [0.29, 0.717) is 25.4 Å². The van der Waals surface area contributed by atoms with E-state index < -0.39 is 0 Å². The van der Waals surface area contributed by atoms with Gasteiger partial charge in [-0.25, -0.2) is 0 Å². The van der Waals surface area contributed by atoms with Crippen LogP contribution in [0.25, 0.3) is 0 Å². The predicted octanol–water partition coefficient (Wildman–Crippen LogP) is 0.401. The lowest BCUT2D eigenvalue weighted by molar-refractivity contribution is -0.121. The molecule has 84 valence electrons. The van der Waals surface area contributed by atoms with Crippen LogP contribution in [0.2, 0.25) is 0 Å². The Kier molecular flexibility index (Phi) is 4.83. The van der Waals surface area contributed by atoms with Crippen LogP contribution in [-0.2, 0) is 11.3 Å². The van der Waals surface area contributed by atoms with Crippen LogP contribution < -0.4 is 11.1 Å². The number of nitrogens with zero attached hydrogens (tertiary/aromatic N) is 1. The molecule has 4 N–H and O–H groups in total. The summed E-state index contributed by atoms with van der Waals surface area (Å²) in [6, 6.07) is 1.84. The van der Waals surface area contributed by atoms with Crippen LogP contribution in [0.4, 0.5) is 0 Å². The number of carbonyl (C=O) groups is 1. The van der Waals surface area contributed by atoms with Gasteiger partial charge in [0.15, 0.2) is 0 Å². The number of nitrogens with one attached hydrogen (secondary N) is 2. The van der Waals surface area contributed by atoms with Crippen LogP contribution in [0.15, 0.2) is 12.3 Å². The summed E-state index contributed by atoms with van der Waals surface area (Å²) in [5.41, 5.74) is 6.38. The molecule has 1 aromatic heterocycles. The van der Waals surface area contributed by atoms with Crippen LogP contribution in [0.1, 0.15) is 25.5 Å². The van der Waals surface area contributed by atoms with Crippen LogP contribution >= 0.6 is 0 Å². The van der Waals surface area contributed by atoms with Crippen molar-refractivity contribution >= 4 is 5.91 Å². The fourth-order valence-electron chi connectivity index (χ4n) is 1.16. The Morgan fingerprint density at radius 2 is 2.53 bits per heavy atom. The molecule has 0 fully saturated rings. The number of amides is 1. The van der Waals surface area contributed by atoms with E-state index in [1.807, 2.05) is 13.0 Å². The number of aromatic amines is 1. The summed E-state index contributed by atoms with van der Waals surface area (Å²) in [4.78, 5) is 11.4. The molecule has 1 amide bonds. The van der Waals surface area contributed by atoms with Crippen molar-refractivity contribution in [3.63, 3.8) is 0 Å². The maximum atomic E-state index is 11.4. The molecule has 1 aromatic rings. The number of hydrogen-bond donors (Lipinski definition) is 3. The highest BCUT2D eigenvalue weighted by atomic mass is 16.1. The topological polar surface area (TPSA) is 83.8 Å². The predicted molar refractivity (Wildman–Crippen MR) is 57.9 cm³/mol. The molecule has 0 bridgehead atoms. The second kappa shape index (κ2) is 6.19. The quantitative estimate of drug-likeness (QED) is 0.635. The van der Waals surface area contributed by atoms with Gasteiger partial charge in [-0.15, -0.1) is 0 Å². The highest BCUT2D eigenvalue weighted by Gasteiger charge is 2.05. The Morgan fingerprint density at radius 1 is 1.73 bits per heavy atom. The van der Waals surface area contributed by atoms with Gasteiger partial charge in [0.1, 0.15) is 0 Å². The third-order valence-corrected chi connectivity index (χ3v) is 2.30. The largest absolute Gasteiger partial charge is 0.350 e. The van der Waals surface area contributed by atoms with Gasteiger partial charge in [-0.2, -0.15) is 5.10 Å². The van der Waals surface area contributed by atoms with Crippen LogP contribution in [-0.4, -0.2) is 22.6 Å². The molecule has 1 atom stereocenters. The highest BCUT2D eigenvalue weighted by Crippen LogP contribution is 2.02. The molecule has 0 aliphatic heterocycles. The number of hydrogen-bond acceptors (Lipinski definition) is 3. The molecule has 5 nitrogen and oxygen atoms in total. The van der Waals surface area contributed by atoms with Crippen LogP contribution in [0.5, 0.6) is 0 Å². The van der Waals surface area contributed by atoms with E-state index in [4.69, 9.17) is 5.73 Å². The van der Waals surface area contributed by atoms with Crippen molar-refractivity contribution in [2.45, 2.75) is 26.3 Å². The summed E-state index contributed by atoms with van der Waals surface area (Å²) < 4.78 is 0. The Morgan fingerprint density at radius 3 is 3.13 bits per heavy atom. The van der Waals surface area contributed by atoms with Crippen molar-refractivity contribution in [2.24, 2.45) is 11.7 Å². The first-order valence-corrected chi connectivity index (χ1v) is 5.17.